The number of benzene rings is 2. The van der Waals surface area contributed by atoms with Gasteiger partial charge in [-0.05, 0) is 95.0 Å². The van der Waals surface area contributed by atoms with Crippen molar-refractivity contribution in [2.75, 3.05) is 0 Å². The third-order valence-electron chi connectivity index (χ3n) is 7.88. The number of hydrogen-bond donors (Lipinski definition) is 0. The van der Waals surface area contributed by atoms with Gasteiger partial charge in [0.15, 0.2) is 0 Å². The summed E-state index contributed by atoms with van der Waals surface area (Å²) in [7, 11) is 0. The minimum Gasteiger partial charge on any atom is -0.0633 e. The van der Waals surface area contributed by atoms with Gasteiger partial charge in [-0.25, -0.2) is 0 Å². The molecule has 2 aromatic rings. The second kappa shape index (κ2) is 4.87. The molecule has 0 nitrogen and oxygen atoms in total. The number of fused-ring (bicyclic) bond motifs is 5. The van der Waals surface area contributed by atoms with Crippen molar-refractivity contribution in [2.24, 2.45) is 5.41 Å². The van der Waals surface area contributed by atoms with Crippen LogP contribution in [0.25, 0.3) is 16.7 Å². The second-order valence-electron chi connectivity index (χ2n) is 9.19. The summed E-state index contributed by atoms with van der Waals surface area (Å²) in [5.41, 5.74) is 15.5. The van der Waals surface area contributed by atoms with Crippen molar-refractivity contribution in [2.45, 2.75) is 67.2 Å². The number of rotatable bonds is 0. The van der Waals surface area contributed by atoms with Crippen molar-refractivity contribution in [1.82, 2.24) is 0 Å². The Morgan fingerprint density at radius 2 is 1.36 bits per heavy atom. The summed E-state index contributed by atoms with van der Waals surface area (Å²) in [6.07, 6.45) is 1.08. The maximum Gasteiger partial charge on any atom is -0.000599 e. The summed E-state index contributed by atoms with van der Waals surface area (Å²) in [6, 6.07) is 9.00. The molecular weight excluding hydrogens is 300 g/mol. The van der Waals surface area contributed by atoms with Crippen molar-refractivity contribution >= 4 is 5.57 Å². The van der Waals surface area contributed by atoms with Gasteiger partial charge in [-0.15, -0.1) is 0 Å². The molecule has 0 amide bonds. The summed E-state index contributed by atoms with van der Waals surface area (Å²) in [6.45, 7) is 19.1. The summed E-state index contributed by atoms with van der Waals surface area (Å²) in [4.78, 5) is 0. The molecule has 0 aromatic heterocycles. The summed E-state index contributed by atoms with van der Waals surface area (Å²) >= 11 is 0. The molecule has 0 fully saturated rings. The Balaban J connectivity index is 2.19. The SMILES string of the molecule is CC1=C(C)C(C)(C)C(C)(C)c2c3c(c(C)c(C)c21)-c1ccccc1C3. The lowest BCUT2D eigenvalue weighted by Gasteiger charge is -2.50. The topological polar surface area (TPSA) is 0 Å². The third kappa shape index (κ3) is 1.83. The van der Waals surface area contributed by atoms with E-state index < -0.39 is 0 Å². The predicted octanol–water partition coefficient (Wildman–Crippen LogP) is 6.99. The first-order valence-electron chi connectivity index (χ1n) is 9.53. The Hall–Kier alpha value is -1.82. The van der Waals surface area contributed by atoms with Crippen LogP contribution in [0.4, 0.5) is 0 Å². The van der Waals surface area contributed by atoms with Crippen LogP contribution in [0.5, 0.6) is 0 Å². The van der Waals surface area contributed by atoms with E-state index in [1.807, 2.05) is 0 Å². The van der Waals surface area contributed by atoms with Gasteiger partial charge in [0.25, 0.3) is 0 Å². The summed E-state index contributed by atoms with van der Waals surface area (Å²) in [5, 5.41) is 0. The van der Waals surface area contributed by atoms with Crippen LogP contribution >= 0.6 is 0 Å². The van der Waals surface area contributed by atoms with Crippen molar-refractivity contribution < 1.29 is 0 Å². The van der Waals surface area contributed by atoms with E-state index in [9.17, 15) is 0 Å². The molecule has 25 heavy (non-hydrogen) atoms. The van der Waals surface area contributed by atoms with Crippen LogP contribution in [-0.4, -0.2) is 0 Å². The molecule has 0 aliphatic heterocycles. The maximum atomic E-state index is 2.46. The van der Waals surface area contributed by atoms with E-state index >= 15 is 0 Å². The first-order chi connectivity index (χ1) is 11.6. The fourth-order valence-electron chi connectivity index (χ4n) is 5.31. The highest BCUT2D eigenvalue weighted by Gasteiger charge is 2.47. The van der Waals surface area contributed by atoms with Crippen LogP contribution in [-0.2, 0) is 11.8 Å². The summed E-state index contributed by atoms with van der Waals surface area (Å²) < 4.78 is 0. The van der Waals surface area contributed by atoms with Crippen molar-refractivity contribution in [3.63, 3.8) is 0 Å². The van der Waals surface area contributed by atoms with Crippen molar-refractivity contribution in [1.29, 1.82) is 0 Å². The van der Waals surface area contributed by atoms with Crippen molar-refractivity contribution in [3.8, 4) is 11.1 Å². The van der Waals surface area contributed by atoms with Gasteiger partial charge in [-0.1, -0.05) is 57.5 Å². The normalized spacial score (nSPS) is 19.5. The minimum atomic E-state index is 0.122. The first kappa shape index (κ1) is 16.6. The van der Waals surface area contributed by atoms with Crippen LogP contribution in [0.3, 0.4) is 0 Å². The smallest absolute Gasteiger partial charge is 0.000599 e. The zero-order valence-electron chi connectivity index (χ0n) is 17.0. The molecule has 0 saturated heterocycles. The maximum absolute atomic E-state index is 2.46. The molecule has 0 bridgehead atoms. The van der Waals surface area contributed by atoms with Gasteiger partial charge in [0.1, 0.15) is 0 Å². The molecule has 0 atom stereocenters. The summed E-state index contributed by atoms with van der Waals surface area (Å²) in [5.74, 6) is 0. The number of hydrogen-bond acceptors (Lipinski definition) is 0. The van der Waals surface area contributed by atoms with Gasteiger partial charge in [0.2, 0.25) is 0 Å². The van der Waals surface area contributed by atoms with E-state index in [1.165, 1.54) is 39.0 Å². The average Bonchev–Trinajstić information content (AvgIpc) is 2.94. The van der Waals surface area contributed by atoms with Crippen LogP contribution in [0.2, 0.25) is 0 Å². The monoisotopic (exact) mass is 330 g/mol. The lowest BCUT2D eigenvalue weighted by molar-refractivity contribution is 0.243. The Labute approximate surface area is 153 Å². The second-order valence-corrected chi connectivity index (χ2v) is 9.19. The van der Waals surface area contributed by atoms with Crippen LogP contribution in [0.1, 0.15) is 74.9 Å². The molecule has 0 heteroatoms. The molecule has 130 valence electrons. The van der Waals surface area contributed by atoms with E-state index in [0.717, 1.165) is 6.42 Å². The highest BCUT2D eigenvalue weighted by molar-refractivity contribution is 5.88. The van der Waals surface area contributed by atoms with E-state index in [1.54, 1.807) is 16.7 Å². The van der Waals surface area contributed by atoms with Gasteiger partial charge in [0.05, 0.1) is 0 Å². The lowest BCUT2D eigenvalue weighted by atomic mass is 9.54. The Morgan fingerprint density at radius 1 is 0.760 bits per heavy atom. The number of allylic oxidation sites excluding steroid dienone is 2. The zero-order valence-corrected chi connectivity index (χ0v) is 17.0. The van der Waals surface area contributed by atoms with Gasteiger partial charge in [-0.2, -0.15) is 0 Å². The molecule has 0 unspecified atom stereocenters. The highest BCUT2D eigenvalue weighted by Crippen LogP contribution is 2.58. The molecule has 4 rings (SSSR count). The van der Waals surface area contributed by atoms with E-state index in [0.29, 0.717) is 0 Å². The highest BCUT2D eigenvalue weighted by atomic mass is 14.5. The molecular formula is C25H30. The Bertz CT molecular complexity index is 948. The quantitative estimate of drug-likeness (QED) is 0.417. The Kier molecular flexibility index (Phi) is 3.24. The zero-order chi connectivity index (χ0) is 18.3. The van der Waals surface area contributed by atoms with E-state index in [4.69, 9.17) is 0 Å². The van der Waals surface area contributed by atoms with Crippen molar-refractivity contribution in [3.05, 3.63) is 63.2 Å². The molecule has 2 aromatic carbocycles. The van der Waals surface area contributed by atoms with E-state index in [-0.39, 0.29) is 10.8 Å². The largest absolute Gasteiger partial charge is 0.0633 e. The fraction of sp³-hybridized carbons (Fsp3) is 0.440. The molecule has 0 radical (unpaired) electrons. The van der Waals surface area contributed by atoms with Gasteiger partial charge in [0, 0.05) is 0 Å². The first-order valence-corrected chi connectivity index (χ1v) is 9.53. The van der Waals surface area contributed by atoms with Crippen LogP contribution < -0.4 is 0 Å². The minimum absolute atomic E-state index is 0.122. The van der Waals surface area contributed by atoms with Crippen LogP contribution in [0, 0.1) is 19.3 Å². The molecule has 0 heterocycles. The Morgan fingerprint density at radius 3 is 2.04 bits per heavy atom. The standard InChI is InChI=1S/C25H30/c1-14-15(2)22-19-12-10-9-11-18(19)13-20(22)23-21(14)16(3)17(4)24(5,6)25(23,7)8/h9-12H,13H2,1-8H3. The molecule has 2 aliphatic rings. The fourth-order valence-corrected chi connectivity index (χ4v) is 5.31. The lowest BCUT2D eigenvalue weighted by Crippen LogP contribution is -2.42. The van der Waals surface area contributed by atoms with E-state index in [2.05, 4.69) is 79.7 Å². The van der Waals surface area contributed by atoms with Crippen LogP contribution in [0.15, 0.2) is 29.8 Å². The third-order valence-corrected chi connectivity index (χ3v) is 7.88. The molecule has 0 spiro atoms. The molecule has 0 saturated carbocycles. The van der Waals surface area contributed by atoms with Gasteiger partial charge in [-0.3, -0.25) is 0 Å². The van der Waals surface area contributed by atoms with Gasteiger partial charge >= 0.3 is 0 Å². The van der Waals surface area contributed by atoms with Gasteiger partial charge < -0.3 is 0 Å². The predicted molar refractivity (Wildman–Crippen MR) is 109 cm³/mol. The average molecular weight is 331 g/mol. The molecule has 2 aliphatic carbocycles. The molecule has 0 N–H and O–H groups in total.